The molecule has 3 aromatic carbocycles. The van der Waals surface area contributed by atoms with Crippen molar-refractivity contribution >= 4 is 39.2 Å². The fourth-order valence-electron chi connectivity index (χ4n) is 5.61. The van der Waals surface area contributed by atoms with Crippen molar-refractivity contribution < 1.29 is 31.7 Å². The summed E-state index contributed by atoms with van der Waals surface area (Å²) < 4.78 is 53.2. The summed E-state index contributed by atoms with van der Waals surface area (Å²) in [5.74, 6) is -1.23. The third-order valence-electron chi connectivity index (χ3n) is 8.21. The molecule has 2 heterocycles. The van der Waals surface area contributed by atoms with Gasteiger partial charge in [-0.3, -0.25) is 18.8 Å². The van der Waals surface area contributed by atoms with E-state index in [1.54, 1.807) is 17.1 Å². The van der Waals surface area contributed by atoms with Crippen molar-refractivity contribution in [3.05, 3.63) is 99.6 Å². The first-order valence-corrected chi connectivity index (χ1v) is 17.3. The summed E-state index contributed by atoms with van der Waals surface area (Å²) in [7, 11) is -4.25. The molecule has 5 rings (SSSR count). The number of hydrogen-bond donors (Lipinski definition) is 2. The standard InChI is InChI=1S/C34H36ClFN4O6S/c1-22-7-3-11-32(23(22)2)46-15-6-12-33(41)40-14-5-9-27-26(8-4-10-31(27)40)25-19-38-39(20-25)21-28-29(35)17-24(18-30(28)36)34(42)37-13-16-47(43,44)45/h3-4,7-8,10-11,17-20H,5-6,9,12-16,21H2,1-2H3,(H,37,42)(H,43,44,45). The number of nitrogens with one attached hydrogen (secondary N) is 1. The van der Waals surface area contributed by atoms with E-state index in [2.05, 4.69) is 10.4 Å². The zero-order valence-electron chi connectivity index (χ0n) is 26.1. The minimum atomic E-state index is -4.25. The molecule has 10 nitrogen and oxygen atoms in total. The lowest BCUT2D eigenvalue weighted by molar-refractivity contribution is -0.118. The van der Waals surface area contributed by atoms with E-state index in [1.165, 1.54) is 6.07 Å². The molecule has 47 heavy (non-hydrogen) atoms. The Hall–Kier alpha value is -4.26. The van der Waals surface area contributed by atoms with Crippen molar-refractivity contribution in [1.82, 2.24) is 15.1 Å². The third kappa shape index (κ3) is 8.37. The highest BCUT2D eigenvalue weighted by Gasteiger charge is 2.25. The minimum Gasteiger partial charge on any atom is -0.493 e. The van der Waals surface area contributed by atoms with Crippen molar-refractivity contribution in [3.63, 3.8) is 0 Å². The number of nitrogens with zero attached hydrogens (tertiary/aromatic N) is 3. The first kappa shape index (κ1) is 34.1. The Bertz CT molecular complexity index is 1890. The van der Waals surface area contributed by atoms with Crippen LogP contribution in [0.2, 0.25) is 5.02 Å². The van der Waals surface area contributed by atoms with Crippen LogP contribution in [0.4, 0.5) is 10.1 Å². The second-order valence-corrected chi connectivity index (χ2v) is 13.5. The fraction of sp³-hybridized carbons (Fsp3) is 0.324. The van der Waals surface area contributed by atoms with Gasteiger partial charge in [-0.05, 0) is 79.6 Å². The molecule has 1 aliphatic rings. The highest BCUT2D eigenvalue weighted by Crippen LogP contribution is 2.36. The van der Waals surface area contributed by atoms with Gasteiger partial charge in [0.25, 0.3) is 16.0 Å². The van der Waals surface area contributed by atoms with Crippen LogP contribution in [-0.2, 0) is 27.9 Å². The van der Waals surface area contributed by atoms with Gasteiger partial charge in [0.05, 0.1) is 25.1 Å². The van der Waals surface area contributed by atoms with Crippen LogP contribution in [0.1, 0.15) is 51.9 Å². The second kappa shape index (κ2) is 14.7. The van der Waals surface area contributed by atoms with Gasteiger partial charge >= 0.3 is 0 Å². The molecule has 0 saturated heterocycles. The summed E-state index contributed by atoms with van der Waals surface area (Å²) in [6.45, 7) is 4.82. The Kier molecular flexibility index (Phi) is 10.6. The molecule has 0 radical (unpaired) electrons. The molecule has 0 unspecified atom stereocenters. The normalized spacial score (nSPS) is 12.9. The number of benzene rings is 3. The van der Waals surface area contributed by atoms with Gasteiger partial charge in [0, 0.05) is 53.1 Å². The molecule has 0 saturated carbocycles. The van der Waals surface area contributed by atoms with E-state index in [0.717, 1.165) is 58.2 Å². The van der Waals surface area contributed by atoms with Gasteiger partial charge in [-0.25, -0.2) is 4.39 Å². The molecular formula is C34H36ClFN4O6S. The molecule has 0 aliphatic carbocycles. The smallest absolute Gasteiger partial charge is 0.266 e. The number of aromatic nitrogens is 2. The van der Waals surface area contributed by atoms with E-state index in [9.17, 15) is 18.0 Å². The maximum absolute atomic E-state index is 15.1. The quantitative estimate of drug-likeness (QED) is 0.143. The molecule has 1 aliphatic heterocycles. The highest BCUT2D eigenvalue weighted by molar-refractivity contribution is 7.85. The molecule has 1 aromatic heterocycles. The molecule has 0 spiro atoms. The van der Waals surface area contributed by atoms with Gasteiger partial charge in [-0.1, -0.05) is 35.9 Å². The third-order valence-corrected chi connectivity index (χ3v) is 9.27. The van der Waals surface area contributed by atoms with E-state index in [1.807, 2.05) is 55.1 Å². The Labute approximate surface area is 278 Å². The lowest BCUT2D eigenvalue weighted by atomic mass is 9.93. The number of halogens is 2. The summed E-state index contributed by atoms with van der Waals surface area (Å²) in [6, 6.07) is 14.1. The van der Waals surface area contributed by atoms with E-state index in [4.69, 9.17) is 20.9 Å². The van der Waals surface area contributed by atoms with E-state index in [-0.39, 0.29) is 35.1 Å². The van der Waals surface area contributed by atoms with E-state index < -0.39 is 27.6 Å². The Morgan fingerprint density at radius 1 is 1.15 bits per heavy atom. The van der Waals surface area contributed by atoms with Gasteiger partial charge in [0.1, 0.15) is 11.6 Å². The van der Waals surface area contributed by atoms with Gasteiger partial charge < -0.3 is 15.0 Å². The predicted molar refractivity (Wildman–Crippen MR) is 178 cm³/mol. The summed E-state index contributed by atoms with van der Waals surface area (Å²) in [5, 5.41) is 6.73. The molecule has 2 N–H and O–H groups in total. The average molecular weight is 683 g/mol. The van der Waals surface area contributed by atoms with Crippen molar-refractivity contribution in [2.45, 2.75) is 46.1 Å². The molecule has 0 fully saturated rings. The number of amides is 2. The second-order valence-electron chi connectivity index (χ2n) is 11.5. The SMILES string of the molecule is Cc1cccc(OCCCC(=O)N2CCCc3c(-c4cnn(Cc5c(F)cc(C(=O)NCCS(=O)(=O)O)cc5Cl)c4)cccc32)c1C. The maximum atomic E-state index is 15.1. The van der Waals surface area contributed by atoms with Crippen molar-refractivity contribution in [1.29, 1.82) is 0 Å². The van der Waals surface area contributed by atoms with Crippen LogP contribution in [0, 0.1) is 19.7 Å². The van der Waals surface area contributed by atoms with Crippen molar-refractivity contribution in [3.8, 4) is 16.9 Å². The maximum Gasteiger partial charge on any atom is 0.266 e. The zero-order valence-corrected chi connectivity index (χ0v) is 27.7. The summed E-state index contributed by atoms with van der Waals surface area (Å²) in [5.41, 5.74) is 5.98. The lowest BCUT2D eigenvalue weighted by Crippen LogP contribution is -2.35. The van der Waals surface area contributed by atoms with Crippen LogP contribution in [0.15, 0.2) is 60.9 Å². The fourth-order valence-corrected chi connectivity index (χ4v) is 6.23. The Balaban J connectivity index is 1.24. The number of carbonyl (C=O) groups excluding carboxylic acids is 2. The number of rotatable bonds is 12. The Morgan fingerprint density at radius 2 is 1.94 bits per heavy atom. The molecule has 13 heteroatoms. The number of aryl methyl sites for hydroxylation is 1. The topological polar surface area (TPSA) is 131 Å². The summed E-state index contributed by atoms with van der Waals surface area (Å²) in [6.07, 6.45) is 6.05. The predicted octanol–water partition coefficient (Wildman–Crippen LogP) is 5.76. The van der Waals surface area contributed by atoms with Crippen LogP contribution < -0.4 is 15.0 Å². The Morgan fingerprint density at radius 3 is 2.70 bits per heavy atom. The zero-order chi connectivity index (χ0) is 33.7. The molecular weight excluding hydrogens is 647 g/mol. The first-order chi connectivity index (χ1) is 22.4. The number of carbonyl (C=O) groups is 2. The van der Waals surface area contributed by atoms with Crippen LogP contribution in [0.5, 0.6) is 5.75 Å². The molecule has 4 aromatic rings. The molecule has 0 bridgehead atoms. The van der Waals surface area contributed by atoms with Crippen LogP contribution >= 0.6 is 11.6 Å². The molecule has 248 valence electrons. The monoisotopic (exact) mass is 682 g/mol. The number of anilines is 1. The number of ether oxygens (including phenoxy) is 1. The van der Waals surface area contributed by atoms with Gasteiger partial charge in [0.15, 0.2) is 0 Å². The minimum absolute atomic E-state index is 0.000891. The van der Waals surface area contributed by atoms with Gasteiger partial charge in [0.2, 0.25) is 5.91 Å². The largest absolute Gasteiger partial charge is 0.493 e. The highest BCUT2D eigenvalue weighted by atomic mass is 35.5. The van der Waals surface area contributed by atoms with Crippen LogP contribution in [-0.4, -0.2) is 60.0 Å². The van der Waals surface area contributed by atoms with Crippen LogP contribution in [0.3, 0.4) is 0 Å². The number of hydrogen-bond acceptors (Lipinski definition) is 6. The molecule has 2 amide bonds. The van der Waals surface area contributed by atoms with Gasteiger partial charge in [-0.15, -0.1) is 0 Å². The van der Waals surface area contributed by atoms with Crippen LogP contribution in [0.25, 0.3) is 11.1 Å². The van der Waals surface area contributed by atoms with Gasteiger partial charge in [-0.2, -0.15) is 13.5 Å². The molecule has 0 atom stereocenters. The summed E-state index contributed by atoms with van der Waals surface area (Å²) >= 11 is 6.35. The lowest BCUT2D eigenvalue weighted by Gasteiger charge is -2.31. The van der Waals surface area contributed by atoms with Crippen molar-refractivity contribution in [2.75, 3.05) is 30.3 Å². The van der Waals surface area contributed by atoms with E-state index >= 15 is 4.39 Å². The van der Waals surface area contributed by atoms with Crippen molar-refractivity contribution in [2.24, 2.45) is 0 Å². The van der Waals surface area contributed by atoms with E-state index in [0.29, 0.717) is 26.0 Å². The average Bonchev–Trinajstić information content (AvgIpc) is 3.50. The number of fused-ring (bicyclic) bond motifs is 1. The first-order valence-electron chi connectivity index (χ1n) is 15.3. The summed E-state index contributed by atoms with van der Waals surface area (Å²) in [4.78, 5) is 27.5.